The monoisotopic (exact) mass is 423 g/mol. The van der Waals surface area contributed by atoms with Crippen LogP contribution in [0.5, 0.6) is 0 Å². The van der Waals surface area contributed by atoms with Gasteiger partial charge in [0.2, 0.25) is 0 Å². The Labute approximate surface area is 180 Å². The molecule has 1 aliphatic heterocycles. The molecule has 0 aliphatic carbocycles. The van der Waals surface area contributed by atoms with E-state index in [1.54, 1.807) is 27.9 Å². The number of hydrogen-bond donors (Lipinski definition) is 1. The third-order valence-electron chi connectivity index (χ3n) is 5.81. The minimum Gasteiger partial charge on any atom is -0.324 e. The molecule has 0 unspecified atom stereocenters. The number of carbonyl (C=O) groups is 2. The van der Waals surface area contributed by atoms with Crippen LogP contribution in [0.4, 0.5) is 14.9 Å². The molecule has 8 heteroatoms. The molecule has 3 aromatic rings. The van der Waals surface area contributed by atoms with Crippen molar-refractivity contribution in [2.75, 3.05) is 24.5 Å². The van der Waals surface area contributed by atoms with E-state index in [4.69, 9.17) is 5.73 Å². The number of likely N-dealkylation sites (tertiary alicyclic amines) is 1. The third-order valence-corrected chi connectivity index (χ3v) is 5.81. The lowest BCUT2D eigenvalue weighted by Crippen LogP contribution is -2.45. The van der Waals surface area contributed by atoms with Crippen LogP contribution in [0.2, 0.25) is 0 Å². The fourth-order valence-electron chi connectivity index (χ4n) is 4.05. The first-order valence-corrected chi connectivity index (χ1v) is 10.5. The molecule has 2 amide bonds. The van der Waals surface area contributed by atoms with E-state index in [2.05, 4.69) is 5.10 Å². The molecule has 1 aromatic heterocycles. The van der Waals surface area contributed by atoms with Gasteiger partial charge in [-0.05, 0) is 37.5 Å². The number of rotatable bonds is 5. The van der Waals surface area contributed by atoms with E-state index >= 15 is 0 Å². The van der Waals surface area contributed by atoms with E-state index in [-0.39, 0.29) is 30.5 Å². The smallest absolute Gasteiger partial charge is 0.324 e. The van der Waals surface area contributed by atoms with Crippen LogP contribution in [0, 0.1) is 5.82 Å². The van der Waals surface area contributed by atoms with E-state index in [1.165, 1.54) is 6.07 Å². The summed E-state index contributed by atoms with van der Waals surface area (Å²) in [5.74, 6) is -0.860. The Balaban J connectivity index is 1.74. The number of amides is 2. The summed E-state index contributed by atoms with van der Waals surface area (Å²) in [6, 6.07) is 9.81. The van der Waals surface area contributed by atoms with E-state index in [0.717, 1.165) is 30.2 Å². The highest BCUT2D eigenvalue weighted by atomic mass is 19.1. The molecule has 1 saturated heterocycles. The van der Waals surface area contributed by atoms with E-state index in [1.807, 2.05) is 30.1 Å². The topological polar surface area (TPSA) is 84.5 Å². The summed E-state index contributed by atoms with van der Waals surface area (Å²) in [6.45, 7) is 1.24. The summed E-state index contributed by atoms with van der Waals surface area (Å²) in [6.07, 6.45) is 4.75. The van der Waals surface area contributed by atoms with E-state index in [0.29, 0.717) is 24.3 Å². The van der Waals surface area contributed by atoms with Gasteiger partial charge in [0.15, 0.2) is 5.78 Å². The number of hydrogen-bond acceptors (Lipinski definition) is 4. The van der Waals surface area contributed by atoms with E-state index < -0.39 is 5.82 Å². The van der Waals surface area contributed by atoms with Crippen LogP contribution >= 0.6 is 0 Å². The van der Waals surface area contributed by atoms with Crippen molar-refractivity contribution in [1.29, 1.82) is 0 Å². The van der Waals surface area contributed by atoms with Crippen LogP contribution in [-0.2, 0) is 13.6 Å². The largest absolute Gasteiger partial charge is 0.324 e. The Kier molecular flexibility index (Phi) is 5.99. The summed E-state index contributed by atoms with van der Waals surface area (Å²) in [5.41, 5.74) is 7.52. The number of piperidine rings is 1. The molecule has 2 heterocycles. The van der Waals surface area contributed by atoms with Crippen molar-refractivity contribution >= 4 is 28.4 Å². The Morgan fingerprint density at radius 2 is 1.94 bits per heavy atom. The zero-order valence-corrected chi connectivity index (χ0v) is 17.6. The number of ketones is 1. The number of urea groups is 1. The van der Waals surface area contributed by atoms with Crippen LogP contribution < -0.4 is 10.6 Å². The van der Waals surface area contributed by atoms with Gasteiger partial charge in [-0.15, -0.1) is 0 Å². The molecule has 1 aliphatic rings. The minimum absolute atomic E-state index is 0.0479. The van der Waals surface area contributed by atoms with Gasteiger partial charge < -0.3 is 10.6 Å². The maximum Gasteiger partial charge on any atom is 0.324 e. The Morgan fingerprint density at radius 1 is 1.16 bits per heavy atom. The summed E-state index contributed by atoms with van der Waals surface area (Å²) in [7, 11) is 1.84. The van der Waals surface area contributed by atoms with Crippen molar-refractivity contribution in [2.45, 2.75) is 25.8 Å². The van der Waals surface area contributed by atoms with Crippen molar-refractivity contribution in [3.05, 3.63) is 59.5 Å². The molecule has 0 saturated carbocycles. The number of benzene rings is 2. The van der Waals surface area contributed by atoms with Gasteiger partial charge in [-0.25, -0.2) is 9.18 Å². The standard InChI is InChI=1S/C23H26FN5O2/c1-27-20-6-5-7-21(18(20)14-26-27)29(23(31)28-10-3-2-4-11-28)15-17-9-8-16(12-19(17)24)22(30)13-25/h5-9,12,14H,2-4,10-11,13,15,25H2,1H3. The van der Waals surface area contributed by atoms with Gasteiger partial charge in [0.05, 0.1) is 30.5 Å². The molecule has 4 rings (SSSR count). The zero-order valence-electron chi connectivity index (χ0n) is 17.6. The second kappa shape index (κ2) is 8.85. The number of nitrogens with two attached hydrogens (primary N) is 1. The highest BCUT2D eigenvalue weighted by Crippen LogP contribution is 2.30. The van der Waals surface area contributed by atoms with Gasteiger partial charge in [-0.1, -0.05) is 18.2 Å². The third kappa shape index (κ3) is 4.16. The predicted molar refractivity (Wildman–Crippen MR) is 118 cm³/mol. The highest BCUT2D eigenvalue weighted by molar-refractivity contribution is 6.02. The average molecular weight is 423 g/mol. The SMILES string of the molecule is Cn1ncc2c(N(Cc3ccc(C(=O)CN)cc3F)C(=O)N3CCCCC3)cccc21. The van der Waals surface area contributed by atoms with Gasteiger partial charge in [-0.3, -0.25) is 14.4 Å². The maximum absolute atomic E-state index is 14.9. The molecule has 1 fully saturated rings. The lowest BCUT2D eigenvalue weighted by molar-refractivity contribution is 0.100. The molecule has 0 spiro atoms. The van der Waals surface area contributed by atoms with Gasteiger partial charge in [-0.2, -0.15) is 5.10 Å². The normalized spacial score (nSPS) is 14.1. The fraction of sp³-hybridized carbons (Fsp3) is 0.348. The molecule has 162 valence electrons. The molecule has 0 radical (unpaired) electrons. The molecule has 2 N–H and O–H groups in total. The Hall–Kier alpha value is -3.26. The van der Waals surface area contributed by atoms with Crippen molar-refractivity contribution in [1.82, 2.24) is 14.7 Å². The van der Waals surface area contributed by atoms with Gasteiger partial charge in [0, 0.05) is 36.7 Å². The van der Waals surface area contributed by atoms with Crippen LogP contribution in [-0.4, -0.2) is 46.1 Å². The van der Waals surface area contributed by atoms with Crippen molar-refractivity contribution in [3.63, 3.8) is 0 Å². The summed E-state index contributed by atoms with van der Waals surface area (Å²) >= 11 is 0. The number of fused-ring (bicyclic) bond motifs is 1. The molecule has 0 atom stereocenters. The lowest BCUT2D eigenvalue weighted by atomic mass is 10.1. The predicted octanol–water partition coefficient (Wildman–Crippen LogP) is 3.47. The Morgan fingerprint density at radius 3 is 2.65 bits per heavy atom. The number of carbonyl (C=O) groups excluding carboxylic acids is 2. The molecule has 2 aromatic carbocycles. The summed E-state index contributed by atoms with van der Waals surface area (Å²) < 4.78 is 16.6. The molecular weight excluding hydrogens is 397 g/mol. The summed E-state index contributed by atoms with van der Waals surface area (Å²) in [5, 5.41) is 5.14. The number of anilines is 1. The minimum atomic E-state index is -0.533. The van der Waals surface area contributed by atoms with Crippen molar-refractivity contribution in [3.8, 4) is 0 Å². The van der Waals surface area contributed by atoms with E-state index in [9.17, 15) is 14.0 Å². The number of Topliss-reactive ketones (excluding diaryl/α,β-unsaturated/α-hetero) is 1. The first-order chi connectivity index (χ1) is 15.0. The first-order valence-electron chi connectivity index (χ1n) is 10.5. The molecule has 31 heavy (non-hydrogen) atoms. The van der Waals surface area contributed by atoms with Crippen molar-refractivity contribution < 1.29 is 14.0 Å². The highest BCUT2D eigenvalue weighted by Gasteiger charge is 2.26. The van der Waals surface area contributed by atoms with Gasteiger partial charge >= 0.3 is 6.03 Å². The molecule has 7 nitrogen and oxygen atoms in total. The van der Waals surface area contributed by atoms with Gasteiger partial charge in [0.1, 0.15) is 5.82 Å². The second-order valence-electron chi connectivity index (χ2n) is 7.83. The number of halogens is 1. The fourth-order valence-corrected chi connectivity index (χ4v) is 4.05. The quantitative estimate of drug-likeness (QED) is 0.637. The van der Waals surface area contributed by atoms with Crippen molar-refractivity contribution in [2.24, 2.45) is 12.8 Å². The molecular formula is C23H26FN5O2. The lowest BCUT2D eigenvalue weighted by Gasteiger charge is -2.33. The Bertz CT molecular complexity index is 1120. The summed E-state index contributed by atoms with van der Waals surface area (Å²) in [4.78, 5) is 28.8. The van der Waals surface area contributed by atoms with Crippen LogP contribution in [0.25, 0.3) is 10.9 Å². The van der Waals surface area contributed by atoms with Crippen LogP contribution in [0.3, 0.4) is 0 Å². The number of aryl methyl sites for hydroxylation is 1. The zero-order chi connectivity index (χ0) is 22.0. The first kappa shape index (κ1) is 21.0. The van der Waals surface area contributed by atoms with Crippen LogP contribution in [0.1, 0.15) is 35.2 Å². The molecule has 0 bridgehead atoms. The van der Waals surface area contributed by atoms with Gasteiger partial charge in [0.25, 0.3) is 0 Å². The van der Waals surface area contributed by atoms with Crippen LogP contribution in [0.15, 0.2) is 42.6 Å². The maximum atomic E-state index is 14.9. The number of nitrogens with zero attached hydrogens (tertiary/aromatic N) is 4. The second-order valence-corrected chi connectivity index (χ2v) is 7.83. The number of aromatic nitrogens is 2. The average Bonchev–Trinajstić information content (AvgIpc) is 3.19.